The van der Waals surface area contributed by atoms with E-state index in [4.69, 9.17) is 0 Å². The van der Waals surface area contributed by atoms with Crippen LogP contribution in [0.5, 0.6) is 0 Å². The maximum absolute atomic E-state index is 12.8. The van der Waals surface area contributed by atoms with E-state index in [2.05, 4.69) is 17.1 Å². The maximum atomic E-state index is 12.8. The number of nitrogens with one attached hydrogen (secondary N) is 1. The molecule has 0 spiro atoms. The molecular weight excluding hydrogens is 330 g/mol. The predicted molar refractivity (Wildman–Crippen MR) is 96.5 cm³/mol. The average Bonchev–Trinajstić information content (AvgIpc) is 3.20. The number of H-pyrrole nitrogens is 1. The average molecular weight is 351 g/mol. The fraction of sp³-hybridized carbons (Fsp3) is 0.350. The Morgan fingerprint density at radius 3 is 2.46 bits per heavy atom. The van der Waals surface area contributed by atoms with E-state index in [-0.39, 0.29) is 35.3 Å². The molecule has 0 saturated carbocycles. The molecule has 26 heavy (non-hydrogen) atoms. The molecule has 2 saturated heterocycles. The second kappa shape index (κ2) is 6.44. The zero-order chi connectivity index (χ0) is 18.3. The number of nitrogens with zero attached hydrogens (tertiary/aromatic N) is 2. The van der Waals surface area contributed by atoms with Crippen LogP contribution in [0.15, 0.2) is 53.5 Å². The van der Waals surface area contributed by atoms with Gasteiger partial charge in [0.15, 0.2) is 0 Å². The summed E-state index contributed by atoms with van der Waals surface area (Å²) in [4.78, 5) is 42.5. The molecule has 0 radical (unpaired) electrons. The van der Waals surface area contributed by atoms with Crippen molar-refractivity contribution >= 4 is 11.8 Å². The number of aromatic nitrogens is 1. The minimum absolute atomic E-state index is 0.00656. The minimum atomic E-state index is -0.221. The smallest absolute Gasteiger partial charge is 0.255 e. The lowest BCUT2D eigenvalue weighted by molar-refractivity contribution is -0.130. The summed E-state index contributed by atoms with van der Waals surface area (Å²) in [6.07, 6.45) is 1.47. The number of carbonyl (C=O) groups is 2. The van der Waals surface area contributed by atoms with Gasteiger partial charge in [0.05, 0.1) is 11.6 Å². The number of amides is 2. The van der Waals surface area contributed by atoms with Gasteiger partial charge >= 0.3 is 0 Å². The molecule has 2 aliphatic heterocycles. The number of pyridine rings is 1. The van der Waals surface area contributed by atoms with E-state index in [0.29, 0.717) is 25.2 Å². The van der Waals surface area contributed by atoms with Crippen molar-refractivity contribution < 1.29 is 9.59 Å². The van der Waals surface area contributed by atoms with Gasteiger partial charge in [0.1, 0.15) is 0 Å². The lowest BCUT2D eigenvalue weighted by atomic mass is 9.89. The quantitative estimate of drug-likeness (QED) is 0.894. The zero-order valence-corrected chi connectivity index (χ0v) is 14.6. The standard InChI is InChI=1S/C20H21N3O3/c1-13(24)23-11-16-10-22(20(26)15-7-8-18(25)21-9-15)12-17(16)19(23)14-5-3-2-4-6-14/h2-9,16-17,19H,10-12H2,1H3,(H,21,25)/t16-,17-,19+/m1/s1. The molecule has 6 heteroatoms. The zero-order valence-electron chi connectivity index (χ0n) is 14.6. The number of rotatable bonds is 2. The van der Waals surface area contributed by atoms with Crippen molar-refractivity contribution in [1.82, 2.24) is 14.8 Å². The van der Waals surface area contributed by atoms with Crippen molar-refractivity contribution in [2.45, 2.75) is 13.0 Å². The summed E-state index contributed by atoms with van der Waals surface area (Å²) < 4.78 is 0. The van der Waals surface area contributed by atoms with Crippen molar-refractivity contribution in [2.24, 2.45) is 11.8 Å². The Morgan fingerprint density at radius 2 is 1.81 bits per heavy atom. The third kappa shape index (κ3) is 2.81. The Kier molecular flexibility index (Phi) is 4.11. The van der Waals surface area contributed by atoms with Gasteiger partial charge in [0.2, 0.25) is 11.5 Å². The third-order valence-corrected chi connectivity index (χ3v) is 5.53. The molecule has 3 heterocycles. The van der Waals surface area contributed by atoms with Crippen LogP contribution in [0.25, 0.3) is 0 Å². The molecule has 2 aliphatic rings. The Labute approximate surface area is 151 Å². The highest BCUT2D eigenvalue weighted by Crippen LogP contribution is 2.45. The normalized spacial score (nSPS) is 24.6. The lowest BCUT2D eigenvalue weighted by Gasteiger charge is -2.29. The molecule has 6 nitrogen and oxygen atoms in total. The first-order valence-electron chi connectivity index (χ1n) is 8.85. The van der Waals surface area contributed by atoms with E-state index in [1.807, 2.05) is 28.0 Å². The van der Waals surface area contributed by atoms with Gasteiger partial charge < -0.3 is 14.8 Å². The largest absolute Gasteiger partial charge is 0.338 e. The molecule has 4 rings (SSSR count). The van der Waals surface area contributed by atoms with Gasteiger partial charge in [0, 0.05) is 50.7 Å². The van der Waals surface area contributed by atoms with Crippen molar-refractivity contribution in [1.29, 1.82) is 0 Å². The van der Waals surface area contributed by atoms with Crippen LogP contribution in [0, 0.1) is 11.8 Å². The fourth-order valence-corrected chi connectivity index (χ4v) is 4.34. The molecule has 2 aromatic rings. The summed E-state index contributed by atoms with van der Waals surface area (Å²) in [5, 5.41) is 0. The summed E-state index contributed by atoms with van der Waals surface area (Å²) in [5.41, 5.74) is 1.39. The minimum Gasteiger partial charge on any atom is -0.338 e. The van der Waals surface area contributed by atoms with Crippen LogP contribution in [0.1, 0.15) is 28.9 Å². The van der Waals surface area contributed by atoms with Gasteiger partial charge in [-0.2, -0.15) is 0 Å². The Balaban J connectivity index is 1.58. The molecule has 0 aliphatic carbocycles. The second-order valence-corrected chi connectivity index (χ2v) is 7.10. The summed E-state index contributed by atoms with van der Waals surface area (Å²) in [6.45, 7) is 3.54. The molecule has 1 aromatic carbocycles. The molecule has 2 fully saturated rings. The molecule has 134 valence electrons. The van der Waals surface area contributed by atoms with Crippen LogP contribution in [0.4, 0.5) is 0 Å². The monoisotopic (exact) mass is 351 g/mol. The van der Waals surface area contributed by atoms with Crippen LogP contribution >= 0.6 is 0 Å². The summed E-state index contributed by atoms with van der Waals surface area (Å²) in [7, 11) is 0. The van der Waals surface area contributed by atoms with Crippen LogP contribution in [-0.2, 0) is 4.79 Å². The Morgan fingerprint density at radius 1 is 1.04 bits per heavy atom. The number of hydrogen-bond donors (Lipinski definition) is 1. The third-order valence-electron chi connectivity index (χ3n) is 5.53. The van der Waals surface area contributed by atoms with Crippen molar-refractivity contribution in [2.75, 3.05) is 19.6 Å². The fourth-order valence-electron chi connectivity index (χ4n) is 4.34. The number of benzene rings is 1. The highest BCUT2D eigenvalue weighted by Gasteiger charge is 2.49. The van der Waals surface area contributed by atoms with Gasteiger partial charge in [0.25, 0.3) is 5.91 Å². The van der Waals surface area contributed by atoms with Crippen molar-refractivity contribution in [3.05, 3.63) is 70.1 Å². The summed E-state index contributed by atoms with van der Waals surface area (Å²) >= 11 is 0. The molecule has 1 N–H and O–H groups in total. The summed E-state index contributed by atoms with van der Waals surface area (Å²) in [5.74, 6) is 0.507. The first-order valence-corrected chi connectivity index (χ1v) is 8.85. The van der Waals surface area contributed by atoms with E-state index in [0.717, 1.165) is 5.56 Å². The van der Waals surface area contributed by atoms with E-state index in [9.17, 15) is 14.4 Å². The van der Waals surface area contributed by atoms with Crippen LogP contribution in [0.3, 0.4) is 0 Å². The van der Waals surface area contributed by atoms with Gasteiger partial charge in [-0.25, -0.2) is 0 Å². The van der Waals surface area contributed by atoms with Crippen LogP contribution in [0.2, 0.25) is 0 Å². The summed E-state index contributed by atoms with van der Waals surface area (Å²) in [6, 6.07) is 13.0. The molecule has 0 unspecified atom stereocenters. The number of likely N-dealkylation sites (tertiary alicyclic amines) is 2. The lowest BCUT2D eigenvalue weighted by Crippen LogP contribution is -2.36. The van der Waals surface area contributed by atoms with Crippen molar-refractivity contribution in [3.63, 3.8) is 0 Å². The van der Waals surface area contributed by atoms with E-state index >= 15 is 0 Å². The number of hydrogen-bond acceptors (Lipinski definition) is 3. The highest BCUT2D eigenvalue weighted by atomic mass is 16.2. The van der Waals surface area contributed by atoms with Crippen LogP contribution < -0.4 is 5.56 Å². The SMILES string of the molecule is CC(=O)N1C[C@H]2CN(C(=O)c3ccc(=O)[nH]c3)C[C@H]2[C@@H]1c1ccccc1. The van der Waals surface area contributed by atoms with E-state index < -0.39 is 0 Å². The Bertz CT molecular complexity index is 872. The van der Waals surface area contributed by atoms with Gasteiger partial charge in [-0.05, 0) is 11.6 Å². The molecule has 3 atom stereocenters. The highest BCUT2D eigenvalue weighted by molar-refractivity contribution is 5.94. The predicted octanol–water partition coefficient (Wildman–Crippen LogP) is 1.67. The topological polar surface area (TPSA) is 73.5 Å². The van der Waals surface area contributed by atoms with E-state index in [1.54, 1.807) is 13.0 Å². The van der Waals surface area contributed by atoms with Crippen LogP contribution in [-0.4, -0.2) is 46.2 Å². The van der Waals surface area contributed by atoms with Crippen molar-refractivity contribution in [3.8, 4) is 0 Å². The molecule has 1 aromatic heterocycles. The first-order chi connectivity index (χ1) is 12.5. The molecule has 2 amide bonds. The van der Waals surface area contributed by atoms with Gasteiger partial charge in [-0.15, -0.1) is 0 Å². The Hall–Kier alpha value is -2.89. The molecular formula is C20H21N3O3. The number of aromatic amines is 1. The molecule has 0 bridgehead atoms. The van der Waals surface area contributed by atoms with E-state index in [1.165, 1.54) is 12.3 Å². The number of fused-ring (bicyclic) bond motifs is 1. The number of carbonyl (C=O) groups excluding carboxylic acids is 2. The first kappa shape index (κ1) is 16.6. The van der Waals surface area contributed by atoms with Gasteiger partial charge in [-0.3, -0.25) is 14.4 Å². The maximum Gasteiger partial charge on any atom is 0.255 e. The second-order valence-electron chi connectivity index (χ2n) is 7.10. The van der Waals surface area contributed by atoms with Gasteiger partial charge in [-0.1, -0.05) is 30.3 Å².